The van der Waals surface area contributed by atoms with Gasteiger partial charge < -0.3 is 18.3 Å². The molecule has 4 nitrogen and oxygen atoms in total. The van der Waals surface area contributed by atoms with Gasteiger partial charge in [-0.25, -0.2) is 0 Å². The second-order valence-corrected chi connectivity index (χ2v) is 14.8. The normalized spacial score (nSPS) is 14.1. The lowest BCUT2D eigenvalue weighted by molar-refractivity contribution is 0.590. The SMILES string of the molecule is C1=CC(N(c2ccc(-c3ccc4c(c3)c3ccccc3n4-c3cccc4c3oc3ccccc34)cc2)c2cccc3ccccc23)Cc2c1oc1ccccc21. The van der Waals surface area contributed by atoms with Crippen LogP contribution in [-0.4, -0.2) is 10.6 Å². The van der Waals surface area contributed by atoms with Gasteiger partial charge in [0.1, 0.15) is 16.9 Å². The van der Waals surface area contributed by atoms with Gasteiger partial charge in [0.05, 0.1) is 22.8 Å². The Hall–Kier alpha value is -7.30. The second kappa shape index (κ2) is 12.1. The Morgan fingerprint density at radius 1 is 0.500 bits per heavy atom. The highest BCUT2D eigenvalue weighted by Crippen LogP contribution is 2.42. The van der Waals surface area contributed by atoms with E-state index < -0.39 is 0 Å². The molecule has 3 aromatic heterocycles. The van der Waals surface area contributed by atoms with Gasteiger partial charge in [0.2, 0.25) is 0 Å². The van der Waals surface area contributed by atoms with Crippen LogP contribution in [0.15, 0.2) is 191 Å². The van der Waals surface area contributed by atoms with E-state index in [-0.39, 0.29) is 6.04 Å². The van der Waals surface area contributed by atoms with Crippen molar-refractivity contribution in [1.82, 2.24) is 4.57 Å². The second-order valence-electron chi connectivity index (χ2n) is 14.8. The summed E-state index contributed by atoms with van der Waals surface area (Å²) in [6, 6.07) is 63.2. The number of anilines is 2. The van der Waals surface area contributed by atoms with Crippen molar-refractivity contribution in [2.75, 3.05) is 4.90 Å². The number of hydrogen-bond donors (Lipinski definition) is 0. The van der Waals surface area contributed by atoms with Crippen molar-refractivity contribution in [2.24, 2.45) is 0 Å². The van der Waals surface area contributed by atoms with Crippen molar-refractivity contribution in [1.29, 1.82) is 0 Å². The van der Waals surface area contributed by atoms with E-state index in [1.54, 1.807) is 0 Å². The van der Waals surface area contributed by atoms with Gasteiger partial charge in [-0.05, 0) is 77.2 Å². The minimum atomic E-state index is 0.0962. The maximum Gasteiger partial charge on any atom is 0.159 e. The Morgan fingerprint density at radius 2 is 1.16 bits per heavy atom. The minimum absolute atomic E-state index is 0.0962. The van der Waals surface area contributed by atoms with Crippen LogP contribution in [0.2, 0.25) is 0 Å². The summed E-state index contributed by atoms with van der Waals surface area (Å²) < 4.78 is 15.2. The zero-order valence-corrected chi connectivity index (χ0v) is 30.4. The molecule has 0 N–H and O–H groups in total. The lowest BCUT2D eigenvalue weighted by Crippen LogP contribution is -2.32. The van der Waals surface area contributed by atoms with Gasteiger partial charge in [-0.1, -0.05) is 127 Å². The molecule has 1 aliphatic carbocycles. The molecule has 0 saturated carbocycles. The molecule has 0 aliphatic heterocycles. The van der Waals surface area contributed by atoms with Crippen molar-refractivity contribution in [3.05, 3.63) is 193 Å². The third kappa shape index (κ3) is 4.66. The number of benzene rings is 8. The van der Waals surface area contributed by atoms with E-state index in [0.717, 1.165) is 62.1 Å². The minimum Gasteiger partial charge on any atom is -0.456 e. The van der Waals surface area contributed by atoms with E-state index in [9.17, 15) is 0 Å². The predicted molar refractivity (Wildman–Crippen MR) is 232 cm³/mol. The largest absolute Gasteiger partial charge is 0.456 e. The van der Waals surface area contributed by atoms with Crippen molar-refractivity contribution in [3.8, 4) is 16.8 Å². The van der Waals surface area contributed by atoms with Gasteiger partial charge in [0.25, 0.3) is 0 Å². The standard InChI is InChI=1S/C52H34N2O2/c1-2-13-38-34(11-1)12-9-19-45(38)53(37-28-30-51-44(32-37)41-16-5-7-21-49(41)55-51)36-26-23-33(24-27-36)35-25-29-47-43(31-35)39-14-3-6-18-46(39)54(47)48-20-10-17-42-40-15-4-8-22-50(40)56-52(42)48/h1-31,37H,32H2. The van der Waals surface area contributed by atoms with Gasteiger partial charge in [-0.15, -0.1) is 0 Å². The molecule has 0 bridgehead atoms. The van der Waals surface area contributed by atoms with Crippen LogP contribution in [0.5, 0.6) is 0 Å². The number of fused-ring (bicyclic) bond motifs is 10. The van der Waals surface area contributed by atoms with Crippen molar-refractivity contribution in [2.45, 2.75) is 12.5 Å². The lowest BCUT2D eigenvalue weighted by atomic mass is 9.94. The molecule has 0 saturated heterocycles. The van der Waals surface area contributed by atoms with Crippen LogP contribution < -0.4 is 4.90 Å². The molecule has 0 spiro atoms. The molecule has 11 aromatic rings. The highest BCUT2D eigenvalue weighted by atomic mass is 16.3. The van der Waals surface area contributed by atoms with Crippen LogP contribution in [-0.2, 0) is 6.42 Å². The molecule has 264 valence electrons. The highest BCUT2D eigenvalue weighted by molar-refractivity contribution is 6.13. The van der Waals surface area contributed by atoms with Gasteiger partial charge in [-0.2, -0.15) is 0 Å². The van der Waals surface area contributed by atoms with E-state index in [2.05, 4.69) is 179 Å². The number of rotatable bonds is 5. The summed E-state index contributed by atoms with van der Waals surface area (Å²) in [6.45, 7) is 0. The first-order valence-corrected chi connectivity index (χ1v) is 19.3. The van der Waals surface area contributed by atoms with Gasteiger partial charge in [-0.3, -0.25) is 0 Å². The van der Waals surface area contributed by atoms with Crippen LogP contribution in [0.1, 0.15) is 11.3 Å². The Morgan fingerprint density at radius 3 is 2.04 bits per heavy atom. The van der Waals surface area contributed by atoms with E-state index in [1.165, 1.54) is 49.3 Å². The molecule has 0 fully saturated rings. The first-order valence-electron chi connectivity index (χ1n) is 19.3. The van der Waals surface area contributed by atoms with E-state index in [1.807, 2.05) is 18.2 Å². The average molecular weight is 719 g/mol. The lowest BCUT2D eigenvalue weighted by Gasteiger charge is -2.34. The molecular weight excluding hydrogens is 685 g/mol. The molecular formula is C52H34N2O2. The topological polar surface area (TPSA) is 34.5 Å². The summed E-state index contributed by atoms with van der Waals surface area (Å²) >= 11 is 0. The number of aromatic nitrogens is 1. The summed E-state index contributed by atoms with van der Waals surface area (Å²) in [7, 11) is 0. The van der Waals surface area contributed by atoms with Crippen LogP contribution in [0.25, 0.3) is 88.4 Å². The van der Waals surface area contributed by atoms with Crippen molar-refractivity contribution >= 4 is 82.9 Å². The zero-order valence-electron chi connectivity index (χ0n) is 30.4. The first kappa shape index (κ1) is 31.1. The summed E-state index contributed by atoms with van der Waals surface area (Å²) in [5.74, 6) is 0.960. The number of nitrogens with zero attached hydrogens (tertiary/aromatic N) is 2. The third-order valence-corrected chi connectivity index (χ3v) is 11.7. The van der Waals surface area contributed by atoms with Gasteiger partial charge in [0.15, 0.2) is 5.58 Å². The smallest absolute Gasteiger partial charge is 0.159 e. The van der Waals surface area contributed by atoms with Crippen LogP contribution in [0, 0.1) is 0 Å². The fourth-order valence-corrected chi connectivity index (χ4v) is 9.18. The Bertz CT molecular complexity index is 3350. The van der Waals surface area contributed by atoms with Crippen molar-refractivity contribution < 1.29 is 8.83 Å². The summed E-state index contributed by atoms with van der Waals surface area (Å²) in [5.41, 5.74) is 12.0. The molecule has 3 heterocycles. The van der Waals surface area contributed by atoms with Gasteiger partial charge >= 0.3 is 0 Å². The fourth-order valence-electron chi connectivity index (χ4n) is 9.18. The molecule has 4 heteroatoms. The molecule has 1 unspecified atom stereocenters. The number of hydrogen-bond acceptors (Lipinski definition) is 3. The molecule has 1 aliphatic rings. The highest BCUT2D eigenvalue weighted by Gasteiger charge is 2.27. The van der Waals surface area contributed by atoms with E-state index in [0.29, 0.717) is 0 Å². The van der Waals surface area contributed by atoms with Crippen molar-refractivity contribution in [3.63, 3.8) is 0 Å². The maximum atomic E-state index is 6.53. The Labute approximate surface area is 322 Å². The number of furan rings is 2. The average Bonchev–Trinajstić information content (AvgIpc) is 3.93. The van der Waals surface area contributed by atoms with E-state index >= 15 is 0 Å². The quantitative estimate of drug-likeness (QED) is 0.178. The zero-order chi connectivity index (χ0) is 36.7. The molecule has 56 heavy (non-hydrogen) atoms. The Balaban J connectivity index is 0.972. The monoisotopic (exact) mass is 718 g/mol. The first-order chi connectivity index (χ1) is 27.8. The summed E-state index contributed by atoms with van der Waals surface area (Å²) in [6.07, 6.45) is 5.31. The van der Waals surface area contributed by atoms with Gasteiger partial charge in [0, 0.05) is 55.7 Å². The summed E-state index contributed by atoms with van der Waals surface area (Å²) in [5, 5.41) is 8.33. The molecule has 12 rings (SSSR count). The van der Waals surface area contributed by atoms with E-state index in [4.69, 9.17) is 8.83 Å². The number of para-hydroxylation sites is 4. The molecule has 0 amide bonds. The van der Waals surface area contributed by atoms with Crippen LogP contribution >= 0.6 is 0 Å². The molecule has 8 aromatic carbocycles. The molecule has 1 atom stereocenters. The maximum absolute atomic E-state index is 6.53. The van der Waals surface area contributed by atoms with Crippen LogP contribution in [0.3, 0.4) is 0 Å². The molecule has 0 radical (unpaired) electrons. The van der Waals surface area contributed by atoms with Crippen LogP contribution in [0.4, 0.5) is 11.4 Å². The fraction of sp³-hybridized carbons (Fsp3) is 0.0385. The summed E-state index contributed by atoms with van der Waals surface area (Å²) in [4.78, 5) is 2.50. The predicted octanol–water partition coefficient (Wildman–Crippen LogP) is 14.0. The third-order valence-electron chi connectivity index (χ3n) is 11.7. The Kier molecular flexibility index (Phi) is 6.72.